The quantitative estimate of drug-likeness (QED) is 0.850. The van der Waals surface area contributed by atoms with Gasteiger partial charge in [-0.3, -0.25) is 4.99 Å². The molecule has 2 heterocycles. The van der Waals surface area contributed by atoms with E-state index in [1.807, 2.05) is 0 Å². The lowest BCUT2D eigenvalue weighted by atomic mass is 9.82. The van der Waals surface area contributed by atoms with Crippen LogP contribution in [0.15, 0.2) is 29.3 Å². The summed E-state index contributed by atoms with van der Waals surface area (Å²) in [7, 11) is 2.20. The molecule has 2 aliphatic heterocycles. The molecular formula is C16H24N4. The fourth-order valence-electron chi connectivity index (χ4n) is 3.57. The highest BCUT2D eigenvalue weighted by atomic mass is 15.4. The van der Waals surface area contributed by atoms with Crippen LogP contribution < -0.4 is 10.6 Å². The first-order chi connectivity index (χ1) is 9.53. The minimum Gasteiger partial charge on any atom is -0.369 e. The van der Waals surface area contributed by atoms with E-state index in [0.717, 1.165) is 25.9 Å². The van der Waals surface area contributed by atoms with E-state index in [1.54, 1.807) is 0 Å². The van der Waals surface area contributed by atoms with Crippen molar-refractivity contribution in [3.63, 3.8) is 0 Å². The zero-order chi connectivity index (χ0) is 14.3. The first-order valence-electron chi connectivity index (χ1n) is 7.39. The Morgan fingerprint density at radius 2 is 2.10 bits per heavy atom. The number of likely N-dealkylation sites (tertiary alicyclic amines) is 1. The average Bonchev–Trinajstić information content (AvgIpc) is 2.73. The summed E-state index contributed by atoms with van der Waals surface area (Å²) < 4.78 is 0. The SMILES string of the molecule is Cc1ccccc1N1C(N)=NCC12CCN(C)C(C)C2. The van der Waals surface area contributed by atoms with Gasteiger partial charge >= 0.3 is 0 Å². The maximum absolute atomic E-state index is 6.23. The Morgan fingerprint density at radius 3 is 2.80 bits per heavy atom. The zero-order valence-electron chi connectivity index (χ0n) is 12.6. The number of benzene rings is 1. The van der Waals surface area contributed by atoms with Gasteiger partial charge in [0, 0.05) is 18.3 Å². The summed E-state index contributed by atoms with van der Waals surface area (Å²) in [6.45, 7) is 6.37. The van der Waals surface area contributed by atoms with Crippen molar-refractivity contribution in [1.82, 2.24) is 4.90 Å². The second-order valence-electron chi connectivity index (χ2n) is 6.30. The number of hydrogen-bond acceptors (Lipinski definition) is 4. The number of nitrogens with two attached hydrogens (primary N) is 1. The molecular weight excluding hydrogens is 248 g/mol. The number of guanidine groups is 1. The van der Waals surface area contributed by atoms with Crippen LogP contribution in [0.25, 0.3) is 0 Å². The van der Waals surface area contributed by atoms with Crippen molar-refractivity contribution < 1.29 is 0 Å². The van der Waals surface area contributed by atoms with Gasteiger partial charge in [-0.2, -0.15) is 0 Å². The van der Waals surface area contributed by atoms with E-state index in [0.29, 0.717) is 12.0 Å². The Morgan fingerprint density at radius 1 is 1.35 bits per heavy atom. The van der Waals surface area contributed by atoms with Gasteiger partial charge in [0.2, 0.25) is 0 Å². The van der Waals surface area contributed by atoms with Crippen LogP contribution in [0, 0.1) is 6.92 Å². The third kappa shape index (κ3) is 1.99. The lowest BCUT2D eigenvalue weighted by Crippen LogP contribution is -2.59. The Kier molecular flexibility index (Phi) is 3.21. The molecule has 0 amide bonds. The average molecular weight is 272 g/mol. The molecule has 2 unspecified atom stereocenters. The van der Waals surface area contributed by atoms with Crippen molar-refractivity contribution in [2.75, 3.05) is 25.0 Å². The summed E-state index contributed by atoms with van der Waals surface area (Å²) in [6, 6.07) is 9.03. The van der Waals surface area contributed by atoms with E-state index in [2.05, 4.69) is 60.0 Å². The smallest absolute Gasteiger partial charge is 0.196 e. The molecule has 0 saturated carbocycles. The Labute approximate surface area is 121 Å². The van der Waals surface area contributed by atoms with E-state index in [-0.39, 0.29) is 5.54 Å². The summed E-state index contributed by atoms with van der Waals surface area (Å²) in [6.07, 6.45) is 2.23. The molecule has 0 radical (unpaired) electrons. The van der Waals surface area contributed by atoms with Gasteiger partial charge in [0.05, 0.1) is 12.1 Å². The van der Waals surface area contributed by atoms with Crippen LogP contribution in [0.2, 0.25) is 0 Å². The van der Waals surface area contributed by atoms with Gasteiger partial charge in [0.15, 0.2) is 5.96 Å². The number of hydrogen-bond donors (Lipinski definition) is 1. The van der Waals surface area contributed by atoms with Crippen molar-refractivity contribution in [1.29, 1.82) is 0 Å². The van der Waals surface area contributed by atoms with Crippen LogP contribution in [0.3, 0.4) is 0 Å². The number of rotatable bonds is 1. The maximum Gasteiger partial charge on any atom is 0.196 e. The van der Waals surface area contributed by atoms with Gasteiger partial charge in [0.1, 0.15) is 0 Å². The minimum atomic E-state index is 0.0716. The van der Waals surface area contributed by atoms with Crippen molar-refractivity contribution in [2.45, 2.75) is 38.3 Å². The molecule has 3 rings (SSSR count). The number of aryl methyl sites for hydroxylation is 1. The first-order valence-corrected chi connectivity index (χ1v) is 7.39. The molecule has 1 aromatic rings. The van der Waals surface area contributed by atoms with E-state index < -0.39 is 0 Å². The molecule has 4 nitrogen and oxygen atoms in total. The van der Waals surface area contributed by atoms with E-state index in [9.17, 15) is 0 Å². The number of para-hydroxylation sites is 1. The highest BCUT2D eigenvalue weighted by Gasteiger charge is 2.46. The molecule has 1 fully saturated rings. The molecule has 108 valence electrons. The largest absolute Gasteiger partial charge is 0.369 e. The van der Waals surface area contributed by atoms with Gasteiger partial charge < -0.3 is 15.5 Å². The number of nitrogens with zero attached hydrogens (tertiary/aromatic N) is 3. The van der Waals surface area contributed by atoms with Crippen LogP contribution in [0.1, 0.15) is 25.3 Å². The number of piperidine rings is 1. The Bertz CT molecular complexity index is 539. The summed E-state index contributed by atoms with van der Waals surface area (Å²) in [5, 5.41) is 0. The number of anilines is 1. The topological polar surface area (TPSA) is 44.9 Å². The predicted octanol–water partition coefficient (Wildman–Crippen LogP) is 1.98. The third-order valence-corrected chi connectivity index (χ3v) is 4.95. The van der Waals surface area contributed by atoms with E-state index in [4.69, 9.17) is 5.73 Å². The molecule has 0 bridgehead atoms. The number of aliphatic imine (C=N–C) groups is 1. The van der Waals surface area contributed by atoms with Gasteiger partial charge in [-0.1, -0.05) is 18.2 Å². The van der Waals surface area contributed by atoms with Crippen LogP contribution in [-0.2, 0) is 0 Å². The van der Waals surface area contributed by atoms with Crippen molar-refractivity contribution in [2.24, 2.45) is 10.7 Å². The molecule has 1 aromatic carbocycles. The van der Waals surface area contributed by atoms with Crippen molar-refractivity contribution in [3.05, 3.63) is 29.8 Å². The summed E-state index contributed by atoms with van der Waals surface area (Å²) in [5.41, 5.74) is 8.77. The first kappa shape index (κ1) is 13.4. The molecule has 1 spiro atoms. The summed E-state index contributed by atoms with van der Waals surface area (Å²) >= 11 is 0. The molecule has 2 aliphatic rings. The minimum absolute atomic E-state index is 0.0716. The highest BCUT2D eigenvalue weighted by Crippen LogP contribution is 2.39. The second-order valence-corrected chi connectivity index (χ2v) is 6.30. The normalized spacial score (nSPS) is 30.9. The van der Waals surface area contributed by atoms with Gasteiger partial charge in [0.25, 0.3) is 0 Å². The molecule has 2 atom stereocenters. The van der Waals surface area contributed by atoms with Crippen molar-refractivity contribution >= 4 is 11.6 Å². The molecule has 2 N–H and O–H groups in total. The monoisotopic (exact) mass is 272 g/mol. The van der Waals surface area contributed by atoms with Crippen molar-refractivity contribution in [3.8, 4) is 0 Å². The van der Waals surface area contributed by atoms with Crippen LogP contribution >= 0.6 is 0 Å². The maximum atomic E-state index is 6.23. The molecule has 0 aromatic heterocycles. The zero-order valence-corrected chi connectivity index (χ0v) is 12.6. The lowest BCUT2D eigenvalue weighted by Gasteiger charge is -2.47. The highest BCUT2D eigenvalue weighted by molar-refractivity contribution is 5.99. The second kappa shape index (κ2) is 4.77. The lowest BCUT2D eigenvalue weighted by molar-refractivity contribution is 0.141. The third-order valence-electron chi connectivity index (χ3n) is 4.95. The molecule has 4 heteroatoms. The van der Waals surface area contributed by atoms with Crippen LogP contribution in [0.4, 0.5) is 5.69 Å². The van der Waals surface area contributed by atoms with Gasteiger partial charge in [-0.15, -0.1) is 0 Å². The summed E-state index contributed by atoms with van der Waals surface area (Å²) in [5.74, 6) is 0.677. The van der Waals surface area contributed by atoms with E-state index in [1.165, 1.54) is 11.3 Å². The van der Waals surface area contributed by atoms with Crippen LogP contribution in [0.5, 0.6) is 0 Å². The molecule has 0 aliphatic carbocycles. The van der Waals surface area contributed by atoms with Gasteiger partial charge in [-0.25, -0.2) is 0 Å². The fraction of sp³-hybridized carbons (Fsp3) is 0.562. The standard InChI is InChI=1S/C16H24N4/c1-12-6-4-5-7-14(12)20-15(17)18-11-16(20)8-9-19(3)13(2)10-16/h4-7,13H,8-11H2,1-3H3,(H2,17,18). The fourth-order valence-corrected chi connectivity index (χ4v) is 3.57. The molecule has 1 saturated heterocycles. The summed E-state index contributed by atoms with van der Waals surface area (Å²) in [4.78, 5) is 9.30. The molecule has 20 heavy (non-hydrogen) atoms. The Hall–Kier alpha value is -1.55. The van der Waals surface area contributed by atoms with E-state index >= 15 is 0 Å². The Balaban J connectivity index is 1.99. The van der Waals surface area contributed by atoms with Crippen LogP contribution in [-0.4, -0.2) is 42.6 Å². The van der Waals surface area contributed by atoms with Gasteiger partial charge in [-0.05, 0) is 45.4 Å². The predicted molar refractivity (Wildman–Crippen MR) is 84.2 cm³/mol.